The van der Waals surface area contributed by atoms with Crippen molar-refractivity contribution in [3.8, 4) is 0 Å². The summed E-state index contributed by atoms with van der Waals surface area (Å²) in [4.78, 5) is 18.0. The summed E-state index contributed by atoms with van der Waals surface area (Å²) in [5, 5.41) is 0. The third kappa shape index (κ3) is 3.20. The molecule has 2 saturated carbocycles. The van der Waals surface area contributed by atoms with Crippen molar-refractivity contribution < 1.29 is 4.79 Å². The summed E-state index contributed by atoms with van der Waals surface area (Å²) >= 11 is 0. The summed E-state index contributed by atoms with van der Waals surface area (Å²) in [6.45, 7) is 4.62. The first-order valence-electron chi connectivity index (χ1n) is 11.8. The van der Waals surface area contributed by atoms with E-state index >= 15 is 0 Å². The lowest BCUT2D eigenvalue weighted by molar-refractivity contribution is -0.127. The minimum atomic E-state index is -0.0258. The molecule has 28 heavy (non-hydrogen) atoms. The van der Waals surface area contributed by atoms with Gasteiger partial charge < -0.3 is 4.90 Å². The van der Waals surface area contributed by atoms with Gasteiger partial charge in [0.05, 0.1) is 5.41 Å². The van der Waals surface area contributed by atoms with Crippen LogP contribution in [0.15, 0.2) is 24.3 Å². The SMILES string of the molecule is C[C@H]1CCCN1C1CCC(c2ccc(N3CCC4(CCCCC4)C3=O)cc2)C1. The van der Waals surface area contributed by atoms with Crippen molar-refractivity contribution >= 4 is 11.6 Å². The summed E-state index contributed by atoms with van der Waals surface area (Å²) in [6.07, 6.45) is 13.8. The van der Waals surface area contributed by atoms with Crippen molar-refractivity contribution in [2.75, 3.05) is 18.0 Å². The number of amides is 1. The first-order chi connectivity index (χ1) is 13.7. The molecule has 0 aromatic heterocycles. The number of hydrogen-bond acceptors (Lipinski definition) is 2. The van der Waals surface area contributed by atoms with Gasteiger partial charge in [-0.1, -0.05) is 31.4 Å². The molecule has 2 saturated heterocycles. The van der Waals surface area contributed by atoms with Crippen LogP contribution in [-0.4, -0.2) is 36.0 Å². The lowest BCUT2D eigenvalue weighted by atomic mass is 9.73. The zero-order chi connectivity index (χ0) is 19.1. The van der Waals surface area contributed by atoms with Crippen LogP contribution in [0.25, 0.3) is 0 Å². The van der Waals surface area contributed by atoms with Gasteiger partial charge in [0.2, 0.25) is 5.91 Å². The Bertz CT molecular complexity index is 706. The van der Waals surface area contributed by atoms with Crippen molar-refractivity contribution in [2.24, 2.45) is 5.41 Å². The van der Waals surface area contributed by atoms with Gasteiger partial charge in [0.25, 0.3) is 0 Å². The second-order valence-corrected chi connectivity index (χ2v) is 10.0. The maximum atomic E-state index is 13.2. The molecule has 0 radical (unpaired) electrons. The topological polar surface area (TPSA) is 23.6 Å². The molecule has 152 valence electrons. The highest BCUT2D eigenvalue weighted by Gasteiger charge is 2.47. The van der Waals surface area contributed by atoms with Crippen molar-refractivity contribution in [3.05, 3.63) is 29.8 Å². The fourth-order valence-electron chi connectivity index (χ4n) is 6.75. The lowest BCUT2D eigenvalue weighted by Crippen LogP contribution is -2.36. The molecule has 0 N–H and O–H groups in total. The van der Waals surface area contributed by atoms with E-state index in [0.29, 0.717) is 11.8 Å². The van der Waals surface area contributed by atoms with Gasteiger partial charge in [0, 0.05) is 24.3 Å². The second kappa shape index (κ2) is 7.48. The van der Waals surface area contributed by atoms with E-state index < -0.39 is 0 Å². The third-order valence-corrected chi connectivity index (χ3v) is 8.48. The first kappa shape index (κ1) is 18.7. The second-order valence-electron chi connectivity index (χ2n) is 10.0. The van der Waals surface area contributed by atoms with Crippen molar-refractivity contribution in [1.82, 2.24) is 4.90 Å². The molecule has 0 bridgehead atoms. The Morgan fingerprint density at radius 2 is 1.68 bits per heavy atom. The Morgan fingerprint density at radius 1 is 0.893 bits per heavy atom. The highest BCUT2D eigenvalue weighted by atomic mass is 16.2. The van der Waals surface area contributed by atoms with Crippen LogP contribution in [0.5, 0.6) is 0 Å². The monoisotopic (exact) mass is 380 g/mol. The molecule has 4 aliphatic rings. The molecule has 2 aliphatic heterocycles. The minimum absolute atomic E-state index is 0.0258. The summed E-state index contributed by atoms with van der Waals surface area (Å²) in [6, 6.07) is 10.6. The van der Waals surface area contributed by atoms with Crippen LogP contribution < -0.4 is 4.90 Å². The number of rotatable bonds is 3. The van der Waals surface area contributed by atoms with E-state index in [1.54, 1.807) is 0 Å². The fraction of sp³-hybridized carbons (Fsp3) is 0.720. The van der Waals surface area contributed by atoms with Gasteiger partial charge in [-0.2, -0.15) is 0 Å². The lowest BCUT2D eigenvalue weighted by Gasteiger charge is -2.31. The molecular formula is C25H36N2O. The van der Waals surface area contributed by atoms with Gasteiger partial charge in [-0.15, -0.1) is 0 Å². The smallest absolute Gasteiger partial charge is 0.233 e. The average molecular weight is 381 g/mol. The Hall–Kier alpha value is -1.35. The highest BCUT2D eigenvalue weighted by Crippen LogP contribution is 2.46. The largest absolute Gasteiger partial charge is 0.312 e. The molecule has 3 nitrogen and oxygen atoms in total. The number of carbonyl (C=O) groups excluding carboxylic acids is 1. The molecule has 1 aromatic carbocycles. The predicted octanol–water partition coefficient (Wildman–Crippen LogP) is 5.49. The van der Waals surface area contributed by atoms with E-state index in [2.05, 4.69) is 41.0 Å². The van der Waals surface area contributed by atoms with Gasteiger partial charge in [-0.05, 0) is 88.4 Å². The van der Waals surface area contributed by atoms with E-state index in [4.69, 9.17) is 0 Å². The van der Waals surface area contributed by atoms with Gasteiger partial charge in [0.1, 0.15) is 0 Å². The van der Waals surface area contributed by atoms with Gasteiger partial charge in [0.15, 0.2) is 0 Å². The molecule has 4 fully saturated rings. The van der Waals surface area contributed by atoms with Crippen LogP contribution in [0, 0.1) is 5.41 Å². The van der Waals surface area contributed by atoms with Gasteiger partial charge in [-0.3, -0.25) is 9.69 Å². The number of nitrogens with zero attached hydrogens (tertiary/aromatic N) is 2. The number of benzene rings is 1. The summed E-state index contributed by atoms with van der Waals surface area (Å²) in [5.41, 5.74) is 2.58. The molecule has 1 aromatic rings. The van der Waals surface area contributed by atoms with Crippen molar-refractivity contribution in [3.63, 3.8) is 0 Å². The van der Waals surface area contributed by atoms with Gasteiger partial charge >= 0.3 is 0 Å². The Labute approximate surface area is 170 Å². The fourth-order valence-corrected chi connectivity index (χ4v) is 6.75. The Balaban J connectivity index is 1.25. The average Bonchev–Trinajstić information content (AvgIpc) is 3.44. The molecule has 2 aliphatic carbocycles. The van der Waals surface area contributed by atoms with Crippen LogP contribution in [-0.2, 0) is 4.79 Å². The molecular weight excluding hydrogens is 344 g/mol. The number of likely N-dealkylation sites (tertiary alicyclic amines) is 1. The number of carbonyl (C=O) groups is 1. The predicted molar refractivity (Wildman–Crippen MR) is 115 cm³/mol. The molecule has 3 atom stereocenters. The molecule has 2 heterocycles. The Kier molecular flexibility index (Phi) is 4.99. The third-order valence-electron chi connectivity index (χ3n) is 8.48. The Morgan fingerprint density at radius 3 is 2.39 bits per heavy atom. The van der Waals surface area contributed by atoms with E-state index in [0.717, 1.165) is 43.6 Å². The molecule has 1 amide bonds. The summed E-state index contributed by atoms with van der Waals surface area (Å²) < 4.78 is 0. The minimum Gasteiger partial charge on any atom is -0.312 e. The van der Waals surface area contributed by atoms with Crippen molar-refractivity contribution in [2.45, 2.75) is 95.6 Å². The molecule has 1 spiro atoms. The number of anilines is 1. The van der Waals surface area contributed by atoms with Crippen LogP contribution in [0.1, 0.15) is 89.0 Å². The maximum Gasteiger partial charge on any atom is 0.233 e. The summed E-state index contributed by atoms with van der Waals surface area (Å²) in [7, 11) is 0. The molecule has 5 rings (SSSR count). The zero-order valence-corrected chi connectivity index (χ0v) is 17.5. The normalized spacial score (nSPS) is 33.2. The number of hydrogen-bond donors (Lipinski definition) is 0. The highest BCUT2D eigenvalue weighted by molar-refractivity contribution is 5.99. The van der Waals surface area contributed by atoms with E-state index in [1.807, 2.05) is 0 Å². The van der Waals surface area contributed by atoms with Crippen LogP contribution in [0.3, 0.4) is 0 Å². The molecule has 3 heteroatoms. The van der Waals surface area contributed by atoms with Crippen LogP contribution in [0.4, 0.5) is 5.69 Å². The van der Waals surface area contributed by atoms with Gasteiger partial charge in [-0.25, -0.2) is 0 Å². The quantitative estimate of drug-likeness (QED) is 0.692. The van der Waals surface area contributed by atoms with Crippen LogP contribution in [0.2, 0.25) is 0 Å². The van der Waals surface area contributed by atoms with Crippen molar-refractivity contribution in [1.29, 1.82) is 0 Å². The maximum absolute atomic E-state index is 13.2. The standard InChI is InChI=1S/C25H36N2O/c1-19-6-5-16-26(19)23-12-9-21(18-23)20-7-10-22(11-8-20)27-17-15-25(24(27)28)13-3-2-4-14-25/h7-8,10-11,19,21,23H,2-6,9,12-18H2,1H3/t19-,21?,23?/m0/s1. The van der Waals surface area contributed by atoms with E-state index in [9.17, 15) is 4.79 Å². The zero-order valence-electron chi connectivity index (χ0n) is 17.5. The molecule has 2 unspecified atom stereocenters. The van der Waals surface area contributed by atoms with Crippen LogP contribution >= 0.6 is 0 Å². The van der Waals surface area contributed by atoms with E-state index in [1.165, 1.54) is 63.5 Å². The summed E-state index contributed by atoms with van der Waals surface area (Å²) in [5.74, 6) is 1.11. The van der Waals surface area contributed by atoms with E-state index in [-0.39, 0.29) is 5.41 Å². The first-order valence-corrected chi connectivity index (χ1v) is 11.8.